The molecule has 0 atom stereocenters. The normalized spacial score (nSPS) is 17.5. The lowest BCUT2D eigenvalue weighted by atomic mass is 10.1. The first-order chi connectivity index (χ1) is 11.6. The highest BCUT2D eigenvalue weighted by molar-refractivity contribution is 6.31. The van der Waals surface area contributed by atoms with Crippen LogP contribution in [-0.4, -0.2) is 18.6 Å². The molecule has 0 unspecified atom stereocenters. The van der Waals surface area contributed by atoms with Gasteiger partial charge >= 0.3 is 0 Å². The Morgan fingerprint density at radius 1 is 1.08 bits per heavy atom. The molecule has 0 saturated carbocycles. The molecule has 2 aromatic rings. The summed E-state index contributed by atoms with van der Waals surface area (Å²) in [5, 5.41) is 1.26. The smallest absolute Gasteiger partial charge is 0.282 e. The lowest BCUT2D eigenvalue weighted by Crippen LogP contribution is -2.35. The first-order valence-electron chi connectivity index (χ1n) is 7.45. The number of carbonyl (C=O) groups is 2. The van der Waals surface area contributed by atoms with E-state index in [2.05, 4.69) is 5.43 Å². The van der Waals surface area contributed by atoms with E-state index in [-0.39, 0.29) is 18.3 Å². The van der Waals surface area contributed by atoms with Gasteiger partial charge in [-0.15, -0.1) is 0 Å². The van der Waals surface area contributed by atoms with E-state index in [1.54, 1.807) is 30.3 Å². The Bertz CT molecular complexity index is 888. The van der Waals surface area contributed by atoms with Gasteiger partial charge in [-0.25, -0.2) is 5.01 Å². The van der Waals surface area contributed by atoms with Crippen LogP contribution in [0.25, 0.3) is 6.08 Å². The van der Waals surface area contributed by atoms with Crippen LogP contribution in [0, 0.1) is 6.92 Å². The number of amides is 2. The van der Waals surface area contributed by atoms with Gasteiger partial charge in [-0.2, -0.15) is 0 Å². The first kappa shape index (κ1) is 14.3. The molecule has 0 radical (unpaired) electrons. The van der Waals surface area contributed by atoms with E-state index in [9.17, 15) is 9.59 Å². The Kier molecular flexibility index (Phi) is 3.23. The molecule has 2 aromatic carbocycles. The zero-order valence-electron chi connectivity index (χ0n) is 12.9. The van der Waals surface area contributed by atoms with Crippen molar-refractivity contribution in [2.45, 2.75) is 6.92 Å². The second-order valence-electron chi connectivity index (χ2n) is 5.59. The summed E-state index contributed by atoms with van der Waals surface area (Å²) in [6.45, 7) is 2.10. The van der Waals surface area contributed by atoms with Gasteiger partial charge in [-0.3, -0.25) is 15.0 Å². The van der Waals surface area contributed by atoms with E-state index in [1.807, 2.05) is 25.1 Å². The molecular formula is C18H14N2O4. The molecule has 120 valence electrons. The monoisotopic (exact) mass is 322 g/mol. The van der Waals surface area contributed by atoms with Gasteiger partial charge in [0.1, 0.15) is 5.57 Å². The molecule has 0 bridgehead atoms. The van der Waals surface area contributed by atoms with E-state index in [0.29, 0.717) is 22.7 Å². The number of hydrazine groups is 1. The summed E-state index contributed by atoms with van der Waals surface area (Å²) in [5.41, 5.74) is 5.00. The molecule has 1 fully saturated rings. The van der Waals surface area contributed by atoms with E-state index < -0.39 is 5.91 Å². The van der Waals surface area contributed by atoms with Crippen LogP contribution < -0.4 is 19.9 Å². The van der Waals surface area contributed by atoms with Crippen LogP contribution in [0.15, 0.2) is 48.0 Å². The molecule has 0 spiro atoms. The molecule has 2 aliphatic heterocycles. The third-order valence-corrected chi connectivity index (χ3v) is 3.86. The molecule has 6 nitrogen and oxygen atoms in total. The molecule has 24 heavy (non-hydrogen) atoms. The Morgan fingerprint density at radius 3 is 2.75 bits per heavy atom. The maximum absolute atomic E-state index is 12.6. The minimum absolute atomic E-state index is 0.0790. The molecule has 2 aliphatic rings. The number of hydrogen-bond acceptors (Lipinski definition) is 4. The van der Waals surface area contributed by atoms with Gasteiger partial charge in [0.25, 0.3) is 11.8 Å². The molecule has 0 aliphatic carbocycles. The topological polar surface area (TPSA) is 67.9 Å². The number of ether oxygens (including phenoxy) is 2. The lowest BCUT2D eigenvalue weighted by molar-refractivity contribution is -0.117. The van der Waals surface area contributed by atoms with Gasteiger partial charge in [0.2, 0.25) is 6.79 Å². The molecule has 4 rings (SSSR count). The number of nitrogens with one attached hydrogen (secondary N) is 1. The average Bonchev–Trinajstić information content (AvgIpc) is 3.14. The fourth-order valence-corrected chi connectivity index (χ4v) is 2.68. The van der Waals surface area contributed by atoms with Crippen LogP contribution in [0.1, 0.15) is 11.1 Å². The Labute approximate surface area is 138 Å². The minimum Gasteiger partial charge on any atom is -0.454 e. The van der Waals surface area contributed by atoms with Crippen LogP contribution >= 0.6 is 0 Å². The van der Waals surface area contributed by atoms with Crippen molar-refractivity contribution in [1.29, 1.82) is 0 Å². The van der Waals surface area contributed by atoms with Gasteiger partial charge in [0, 0.05) is 0 Å². The predicted octanol–water partition coefficient (Wildman–Crippen LogP) is 2.19. The van der Waals surface area contributed by atoms with Crippen LogP contribution in [0.2, 0.25) is 0 Å². The number of rotatable bonds is 2. The highest BCUT2D eigenvalue weighted by atomic mass is 16.7. The van der Waals surface area contributed by atoms with E-state index in [0.717, 1.165) is 5.56 Å². The second-order valence-corrected chi connectivity index (χ2v) is 5.59. The molecule has 1 N–H and O–H groups in total. The molecule has 1 saturated heterocycles. The van der Waals surface area contributed by atoms with Gasteiger partial charge in [0.05, 0.1) is 5.69 Å². The van der Waals surface area contributed by atoms with Crippen molar-refractivity contribution in [3.05, 3.63) is 59.2 Å². The second kappa shape index (κ2) is 5.42. The van der Waals surface area contributed by atoms with Crippen LogP contribution in [0.4, 0.5) is 5.69 Å². The largest absolute Gasteiger partial charge is 0.454 e. The number of benzene rings is 2. The van der Waals surface area contributed by atoms with Crippen molar-refractivity contribution in [2.75, 3.05) is 11.8 Å². The third kappa shape index (κ3) is 2.38. The molecule has 6 heteroatoms. The van der Waals surface area contributed by atoms with Gasteiger partial charge < -0.3 is 9.47 Å². The summed E-state index contributed by atoms with van der Waals surface area (Å²) in [6, 6.07) is 12.6. The zero-order valence-corrected chi connectivity index (χ0v) is 12.9. The van der Waals surface area contributed by atoms with Crippen molar-refractivity contribution < 1.29 is 19.1 Å². The standard InChI is InChI=1S/C18H14N2O4/c1-11-3-2-4-13(7-11)20-18(22)14(17(21)19-20)8-12-5-6-15-16(9-12)24-10-23-15/h2-9H,10H2,1H3,(H,19,21)/b14-8-. The zero-order chi connectivity index (χ0) is 16.7. The number of hydrogen-bond donors (Lipinski definition) is 1. The van der Waals surface area contributed by atoms with E-state index in [1.165, 1.54) is 5.01 Å². The summed E-state index contributed by atoms with van der Waals surface area (Å²) < 4.78 is 10.6. The summed E-state index contributed by atoms with van der Waals surface area (Å²) >= 11 is 0. The van der Waals surface area contributed by atoms with Crippen molar-refractivity contribution >= 4 is 23.6 Å². The first-order valence-corrected chi connectivity index (χ1v) is 7.45. The number of carbonyl (C=O) groups excluding carboxylic acids is 2. The summed E-state index contributed by atoms with van der Waals surface area (Å²) in [5.74, 6) is 0.439. The molecule has 2 amide bonds. The number of nitrogens with zero attached hydrogens (tertiary/aromatic N) is 1. The van der Waals surface area contributed by atoms with Gasteiger partial charge in [-0.05, 0) is 48.4 Å². The third-order valence-electron chi connectivity index (χ3n) is 3.86. The highest BCUT2D eigenvalue weighted by Crippen LogP contribution is 2.33. The van der Waals surface area contributed by atoms with Crippen molar-refractivity contribution in [3.8, 4) is 11.5 Å². The minimum atomic E-state index is -0.431. The summed E-state index contributed by atoms with van der Waals surface area (Å²) in [4.78, 5) is 24.8. The Hall–Kier alpha value is -3.28. The maximum atomic E-state index is 12.6. The lowest BCUT2D eigenvalue weighted by Gasteiger charge is -2.14. The summed E-state index contributed by atoms with van der Waals surface area (Å²) in [6.07, 6.45) is 1.55. The van der Waals surface area contributed by atoms with E-state index in [4.69, 9.17) is 9.47 Å². The van der Waals surface area contributed by atoms with Crippen molar-refractivity contribution in [2.24, 2.45) is 0 Å². The van der Waals surface area contributed by atoms with Gasteiger partial charge in [0.15, 0.2) is 11.5 Å². The predicted molar refractivity (Wildman–Crippen MR) is 87.3 cm³/mol. The fraction of sp³-hybridized carbons (Fsp3) is 0.111. The number of anilines is 1. The van der Waals surface area contributed by atoms with Crippen molar-refractivity contribution in [3.63, 3.8) is 0 Å². The SMILES string of the molecule is Cc1cccc(N2NC(=O)/C(=C/c3ccc4c(c3)OCO4)C2=O)c1. The van der Waals surface area contributed by atoms with Crippen LogP contribution in [0.3, 0.4) is 0 Å². The van der Waals surface area contributed by atoms with E-state index >= 15 is 0 Å². The fourth-order valence-electron chi connectivity index (χ4n) is 2.68. The van der Waals surface area contributed by atoms with Crippen molar-refractivity contribution in [1.82, 2.24) is 5.43 Å². The summed E-state index contributed by atoms with van der Waals surface area (Å²) in [7, 11) is 0. The average molecular weight is 322 g/mol. The van der Waals surface area contributed by atoms with Gasteiger partial charge in [-0.1, -0.05) is 18.2 Å². The number of aryl methyl sites for hydroxylation is 1. The molecular weight excluding hydrogens is 308 g/mol. The quantitative estimate of drug-likeness (QED) is 0.680. The number of fused-ring (bicyclic) bond motifs is 1. The van der Waals surface area contributed by atoms with Crippen LogP contribution in [0.5, 0.6) is 11.5 Å². The molecule has 0 aromatic heterocycles. The van der Waals surface area contributed by atoms with Crippen LogP contribution in [-0.2, 0) is 9.59 Å². The molecule has 2 heterocycles. The maximum Gasteiger partial charge on any atom is 0.282 e. The Morgan fingerprint density at radius 2 is 1.92 bits per heavy atom. The highest BCUT2D eigenvalue weighted by Gasteiger charge is 2.34. The Balaban J connectivity index is 1.66.